The summed E-state index contributed by atoms with van der Waals surface area (Å²) < 4.78 is 12.8. The second kappa shape index (κ2) is 7.43. The van der Waals surface area contributed by atoms with Crippen LogP contribution in [0.5, 0.6) is 0 Å². The van der Waals surface area contributed by atoms with Crippen LogP contribution in [0.1, 0.15) is 5.56 Å². The zero-order valence-electron chi connectivity index (χ0n) is 12.2. The lowest BCUT2D eigenvalue weighted by molar-refractivity contribution is -0.112. The van der Waals surface area contributed by atoms with Crippen molar-refractivity contribution in [1.82, 2.24) is 0 Å². The molecule has 2 rings (SSSR count). The van der Waals surface area contributed by atoms with Crippen molar-refractivity contribution in [3.05, 3.63) is 70.6 Å². The fourth-order valence-corrected chi connectivity index (χ4v) is 1.95. The van der Waals surface area contributed by atoms with E-state index in [1.54, 1.807) is 12.1 Å². The summed E-state index contributed by atoms with van der Waals surface area (Å²) in [4.78, 5) is 12.0. The Hall–Kier alpha value is -2.84. The molecule has 0 atom stereocenters. The molecule has 116 valence electrons. The summed E-state index contributed by atoms with van der Waals surface area (Å²) in [5.41, 5.74) is 1.90. The van der Waals surface area contributed by atoms with Crippen LogP contribution in [0.4, 0.5) is 15.8 Å². The summed E-state index contributed by atoms with van der Waals surface area (Å²) in [6.45, 7) is 1.87. The van der Waals surface area contributed by atoms with Crippen LogP contribution in [0, 0.1) is 24.1 Å². The van der Waals surface area contributed by atoms with Crippen molar-refractivity contribution in [3.8, 4) is 6.07 Å². The molecule has 0 aromatic heterocycles. The molecule has 0 heterocycles. The van der Waals surface area contributed by atoms with Gasteiger partial charge in [-0.25, -0.2) is 4.39 Å². The van der Waals surface area contributed by atoms with Gasteiger partial charge in [-0.15, -0.1) is 0 Å². The van der Waals surface area contributed by atoms with Gasteiger partial charge < -0.3 is 10.6 Å². The van der Waals surface area contributed by atoms with Crippen LogP contribution >= 0.6 is 11.6 Å². The molecule has 2 N–H and O–H groups in total. The van der Waals surface area contributed by atoms with Crippen molar-refractivity contribution in [1.29, 1.82) is 5.26 Å². The van der Waals surface area contributed by atoms with Gasteiger partial charge in [-0.05, 0) is 48.9 Å². The van der Waals surface area contributed by atoms with Gasteiger partial charge in [0.05, 0.1) is 0 Å². The first-order valence-corrected chi connectivity index (χ1v) is 7.07. The van der Waals surface area contributed by atoms with Gasteiger partial charge in [-0.1, -0.05) is 17.7 Å². The van der Waals surface area contributed by atoms with Crippen LogP contribution < -0.4 is 10.6 Å². The standard InChI is InChI=1S/C17H13ClFN3O/c1-11-2-3-13(18)8-16(11)21-10-12(9-20)17(23)22-15-6-4-14(19)5-7-15/h2-8,10,21H,1H3,(H,22,23)/b12-10-. The number of rotatable bonds is 4. The molecule has 0 saturated carbocycles. The monoisotopic (exact) mass is 329 g/mol. The summed E-state index contributed by atoms with van der Waals surface area (Å²) in [5.74, 6) is -0.997. The Bertz CT molecular complexity index is 794. The number of hydrogen-bond donors (Lipinski definition) is 2. The van der Waals surface area contributed by atoms with Crippen molar-refractivity contribution in [3.63, 3.8) is 0 Å². The van der Waals surface area contributed by atoms with Crippen molar-refractivity contribution in [2.75, 3.05) is 10.6 Å². The number of carbonyl (C=O) groups excluding carboxylic acids is 1. The summed E-state index contributed by atoms with van der Waals surface area (Å²) in [5, 5.41) is 15.1. The molecule has 0 saturated heterocycles. The number of amides is 1. The van der Waals surface area contributed by atoms with Crippen LogP contribution in [-0.2, 0) is 4.79 Å². The first kappa shape index (κ1) is 16.5. The van der Waals surface area contributed by atoms with E-state index >= 15 is 0 Å². The molecule has 0 aliphatic heterocycles. The Kier molecular flexibility index (Phi) is 5.34. The van der Waals surface area contributed by atoms with Gasteiger partial charge in [0.15, 0.2) is 0 Å². The number of benzene rings is 2. The Balaban J connectivity index is 2.12. The van der Waals surface area contributed by atoms with E-state index in [1.807, 2.05) is 19.1 Å². The molecule has 1 amide bonds. The normalized spacial score (nSPS) is 10.8. The molecule has 4 nitrogen and oxygen atoms in total. The lowest BCUT2D eigenvalue weighted by atomic mass is 10.2. The van der Waals surface area contributed by atoms with Crippen LogP contribution in [0.15, 0.2) is 54.2 Å². The number of anilines is 2. The van der Waals surface area contributed by atoms with Gasteiger partial charge in [0, 0.05) is 22.6 Å². The predicted molar refractivity (Wildman–Crippen MR) is 88.5 cm³/mol. The fraction of sp³-hybridized carbons (Fsp3) is 0.0588. The minimum atomic E-state index is -0.591. The highest BCUT2D eigenvalue weighted by atomic mass is 35.5. The topological polar surface area (TPSA) is 64.9 Å². The van der Waals surface area contributed by atoms with Crippen LogP contribution in [0.2, 0.25) is 5.02 Å². The van der Waals surface area contributed by atoms with Gasteiger partial charge in [0.2, 0.25) is 0 Å². The minimum Gasteiger partial charge on any atom is -0.360 e. The van der Waals surface area contributed by atoms with E-state index in [0.717, 1.165) is 5.56 Å². The highest BCUT2D eigenvalue weighted by Gasteiger charge is 2.09. The van der Waals surface area contributed by atoms with Crippen molar-refractivity contribution < 1.29 is 9.18 Å². The van der Waals surface area contributed by atoms with Crippen molar-refractivity contribution in [2.45, 2.75) is 6.92 Å². The Morgan fingerprint density at radius 3 is 2.61 bits per heavy atom. The molecule has 0 unspecified atom stereocenters. The number of nitriles is 1. The quantitative estimate of drug-likeness (QED) is 0.651. The maximum absolute atomic E-state index is 12.8. The van der Waals surface area contributed by atoms with E-state index in [-0.39, 0.29) is 5.57 Å². The number of carbonyl (C=O) groups is 1. The summed E-state index contributed by atoms with van der Waals surface area (Å²) in [6.07, 6.45) is 1.30. The molecule has 0 aliphatic rings. The number of halogens is 2. The lowest BCUT2D eigenvalue weighted by Gasteiger charge is -2.07. The predicted octanol–water partition coefficient (Wildman–Crippen LogP) is 4.25. The first-order valence-electron chi connectivity index (χ1n) is 6.69. The molecule has 0 aliphatic carbocycles. The molecule has 23 heavy (non-hydrogen) atoms. The van der Waals surface area contributed by atoms with Gasteiger partial charge in [0.25, 0.3) is 5.91 Å². The Labute approximate surface area is 138 Å². The third-order valence-corrected chi connectivity index (χ3v) is 3.27. The highest BCUT2D eigenvalue weighted by Crippen LogP contribution is 2.20. The van der Waals surface area contributed by atoms with E-state index in [4.69, 9.17) is 16.9 Å². The number of aryl methyl sites for hydroxylation is 1. The molecule has 6 heteroatoms. The van der Waals surface area contributed by atoms with Gasteiger partial charge in [-0.3, -0.25) is 4.79 Å². The molecule has 2 aromatic rings. The third kappa shape index (κ3) is 4.56. The van der Waals surface area contributed by atoms with E-state index < -0.39 is 11.7 Å². The van der Waals surface area contributed by atoms with Gasteiger partial charge >= 0.3 is 0 Å². The lowest BCUT2D eigenvalue weighted by Crippen LogP contribution is -2.14. The van der Waals surface area contributed by atoms with E-state index in [2.05, 4.69) is 10.6 Å². The van der Waals surface area contributed by atoms with Gasteiger partial charge in [0.1, 0.15) is 17.5 Å². The molecule has 0 fully saturated rings. The fourth-order valence-electron chi connectivity index (χ4n) is 1.78. The summed E-state index contributed by atoms with van der Waals surface area (Å²) in [6, 6.07) is 12.4. The maximum atomic E-state index is 12.8. The first-order chi connectivity index (χ1) is 11.0. The smallest absolute Gasteiger partial charge is 0.267 e. The molecule has 2 aromatic carbocycles. The van der Waals surface area contributed by atoms with Gasteiger partial charge in [-0.2, -0.15) is 5.26 Å². The molecule has 0 spiro atoms. The van der Waals surface area contributed by atoms with Crippen LogP contribution in [0.3, 0.4) is 0 Å². The third-order valence-electron chi connectivity index (χ3n) is 3.04. The average molecular weight is 330 g/mol. The zero-order chi connectivity index (χ0) is 16.8. The zero-order valence-corrected chi connectivity index (χ0v) is 13.0. The second-order valence-electron chi connectivity index (χ2n) is 4.73. The average Bonchev–Trinajstić information content (AvgIpc) is 2.53. The Morgan fingerprint density at radius 1 is 1.26 bits per heavy atom. The minimum absolute atomic E-state index is 0.117. The second-order valence-corrected chi connectivity index (χ2v) is 5.17. The van der Waals surface area contributed by atoms with Crippen LogP contribution in [-0.4, -0.2) is 5.91 Å². The SMILES string of the molecule is Cc1ccc(Cl)cc1N/C=C(/C#N)C(=O)Nc1ccc(F)cc1. The number of nitrogens with zero attached hydrogens (tertiary/aromatic N) is 1. The molecular weight excluding hydrogens is 317 g/mol. The van der Waals surface area contributed by atoms with E-state index in [0.29, 0.717) is 16.4 Å². The van der Waals surface area contributed by atoms with E-state index in [9.17, 15) is 9.18 Å². The molecule has 0 radical (unpaired) electrons. The van der Waals surface area contributed by atoms with Crippen molar-refractivity contribution in [2.24, 2.45) is 0 Å². The number of hydrogen-bond acceptors (Lipinski definition) is 3. The van der Waals surface area contributed by atoms with E-state index in [1.165, 1.54) is 30.5 Å². The largest absolute Gasteiger partial charge is 0.360 e. The number of nitrogens with one attached hydrogen (secondary N) is 2. The van der Waals surface area contributed by atoms with Crippen molar-refractivity contribution >= 4 is 28.9 Å². The summed E-state index contributed by atoms with van der Waals surface area (Å²) in [7, 11) is 0. The Morgan fingerprint density at radius 2 is 1.96 bits per heavy atom. The highest BCUT2D eigenvalue weighted by molar-refractivity contribution is 6.30. The summed E-state index contributed by atoms with van der Waals surface area (Å²) >= 11 is 5.91. The maximum Gasteiger partial charge on any atom is 0.267 e. The van der Waals surface area contributed by atoms with Crippen LogP contribution in [0.25, 0.3) is 0 Å². The molecule has 0 bridgehead atoms. The molecular formula is C17H13ClFN3O.